The van der Waals surface area contributed by atoms with Gasteiger partial charge in [0.15, 0.2) is 0 Å². The van der Waals surface area contributed by atoms with Crippen LogP contribution in [0.3, 0.4) is 0 Å². The van der Waals surface area contributed by atoms with Crippen molar-refractivity contribution in [2.75, 3.05) is 64.0 Å². The summed E-state index contributed by atoms with van der Waals surface area (Å²) in [5.41, 5.74) is -0.0684. The number of hydrogen-bond donors (Lipinski definition) is 0. The first-order valence-corrected chi connectivity index (χ1v) is 20.9. The second-order valence-electron chi connectivity index (χ2n) is 9.96. The van der Waals surface area contributed by atoms with Gasteiger partial charge in [0, 0.05) is 82.1 Å². The molecule has 0 N–H and O–H groups in total. The maximum absolute atomic E-state index is 6.41. The van der Waals surface area contributed by atoms with Gasteiger partial charge in [-0.15, -0.1) is 0 Å². The monoisotopic (exact) mass is 632 g/mol. The van der Waals surface area contributed by atoms with Gasteiger partial charge < -0.3 is 44.3 Å². The van der Waals surface area contributed by atoms with Gasteiger partial charge in [-0.05, 0) is 38.5 Å². The van der Waals surface area contributed by atoms with Crippen molar-refractivity contribution in [3.63, 3.8) is 0 Å². The van der Waals surface area contributed by atoms with E-state index in [1.165, 1.54) is 0 Å². The normalized spacial score (nSPS) is 13.5. The molecule has 0 aromatic rings. The maximum atomic E-state index is 6.41. The second-order valence-corrected chi connectivity index (χ2v) is 19.6. The summed E-state index contributed by atoms with van der Waals surface area (Å²) in [7, 11) is 8.29. The van der Waals surface area contributed by atoms with Gasteiger partial charge in [-0.1, -0.05) is 38.5 Å². The Kier molecular flexibility index (Phi) is 22.3. The van der Waals surface area contributed by atoms with E-state index >= 15 is 0 Å². The zero-order valence-electron chi connectivity index (χ0n) is 26.7. The number of unbranched alkanes of at least 4 members (excludes halogenated alkanes) is 6. The van der Waals surface area contributed by atoms with Crippen molar-refractivity contribution in [3.8, 4) is 0 Å². The van der Waals surface area contributed by atoms with Crippen LogP contribution in [-0.2, 0) is 44.3 Å². The summed E-state index contributed by atoms with van der Waals surface area (Å²) >= 11 is 0. The molecule has 0 aliphatic heterocycles. The zero-order chi connectivity index (χ0) is 29.7. The Morgan fingerprint density at radius 3 is 0.795 bits per heavy atom. The van der Waals surface area contributed by atoms with E-state index in [2.05, 4.69) is 0 Å². The predicted octanol–water partition coefficient (Wildman–Crippen LogP) is 4.34. The Hall–Kier alpha value is 0.468. The molecule has 0 unspecified atom stereocenters. The van der Waals surface area contributed by atoms with Crippen LogP contribution in [0, 0.1) is 0 Å². The lowest BCUT2D eigenvalue weighted by molar-refractivity contribution is 0.0423. The summed E-state index contributed by atoms with van der Waals surface area (Å²) in [5, 5.41) is 0. The van der Waals surface area contributed by atoms with Crippen LogP contribution >= 0.6 is 0 Å². The van der Waals surface area contributed by atoms with Crippen LogP contribution in [0.1, 0.15) is 77.0 Å². The van der Waals surface area contributed by atoms with Gasteiger partial charge in [-0.2, -0.15) is 0 Å². The molecule has 0 amide bonds. The van der Waals surface area contributed by atoms with Crippen molar-refractivity contribution in [1.29, 1.82) is 0 Å². The largest absolute Gasteiger partial charge is 0.500 e. The Morgan fingerprint density at radius 2 is 0.615 bits per heavy atom. The first-order valence-electron chi connectivity index (χ1n) is 14.2. The summed E-state index contributed by atoms with van der Waals surface area (Å²) in [6.45, 7) is 0. The Bertz CT molecular complexity index is 480. The third kappa shape index (κ3) is 14.0. The number of hydrogen-bond acceptors (Lipinski definition) is 10. The molecule has 0 aliphatic rings. The van der Waals surface area contributed by atoms with E-state index in [1.54, 1.807) is 64.0 Å². The van der Waals surface area contributed by atoms with Gasteiger partial charge in [0.25, 0.3) is 0 Å². The molecule has 0 rings (SSSR count). The van der Waals surface area contributed by atoms with E-state index in [1.807, 2.05) is 0 Å². The lowest BCUT2D eigenvalue weighted by atomic mass is 9.85. The highest BCUT2D eigenvalue weighted by Crippen LogP contribution is 2.33. The Balaban J connectivity index is 4.98. The molecular weight excluding hydrogens is 573 g/mol. The third-order valence-corrected chi connectivity index (χ3v) is 17.4. The fourth-order valence-electron chi connectivity index (χ4n) is 5.25. The summed E-state index contributed by atoms with van der Waals surface area (Å²) in [6, 6.07) is 2.50. The van der Waals surface area contributed by atoms with E-state index < -0.39 is 26.4 Å². The van der Waals surface area contributed by atoms with Crippen LogP contribution in [0.2, 0.25) is 18.1 Å². The minimum Gasteiger partial charge on any atom is -0.422 e. The van der Waals surface area contributed by atoms with Gasteiger partial charge in [0.05, 0.1) is 5.60 Å². The fraction of sp³-hybridized carbons (Fsp3) is 1.00. The van der Waals surface area contributed by atoms with Crippen LogP contribution < -0.4 is 0 Å². The molecule has 0 saturated carbocycles. The molecule has 0 spiro atoms. The van der Waals surface area contributed by atoms with Gasteiger partial charge in [0.1, 0.15) is 10.5 Å². The fourth-order valence-corrected chi connectivity index (χ4v) is 11.2. The summed E-state index contributed by atoms with van der Waals surface area (Å²) < 4.78 is 56.6. The summed E-state index contributed by atoms with van der Waals surface area (Å²) in [4.78, 5) is 0. The third-order valence-electron chi connectivity index (χ3n) is 8.08. The molecule has 14 heteroatoms. The lowest BCUT2D eigenvalue weighted by Crippen LogP contribution is -2.42. The van der Waals surface area contributed by atoms with E-state index in [4.69, 9.17) is 44.3 Å². The molecule has 0 aromatic carbocycles. The minimum absolute atomic E-state index is 0.0684. The van der Waals surface area contributed by atoms with Crippen molar-refractivity contribution in [1.82, 2.24) is 0 Å². The minimum atomic E-state index is -2.51. The van der Waals surface area contributed by atoms with Gasteiger partial charge in [-0.3, -0.25) is 0 Å². The van der Waals surface area contributed by atoms with Gasteiger partial charge >= 0.3 is 26.4 Å². The Morgan fingerprint density at radius 1 is 0.385 bits per heavy atom. The zero-order valence-corrected chi connectivity index (χ0v) is 31.7. The van der Waals surface area contributed by atoms with Crippen LogP contribution in [-0.4, -0.2) is 106 Å². The Labute approximate surface area is 245 Å². The smallest absolute Gasteiger partial charge is 0.422 e. The predicted molar refractivity (Wildman–Crippen MR) is 164 cm³/mol. The van der Waals surface area contributed by atoms with Crippen LogP contribution in [0.15, 0.2) is 0 Å². The highest BCUT2D eigenvalue weighted by molar-refractivity contribution is 6.61. The molecule has 0 saturated heterocycles. The average Bonchev–Trinajstić information content (AvgIpc) is 2.99. The lowest BCUT2D eigenvalue weighted by Gasteiger charge is -2.34. The molecule has 0 fully saturated rings. The van der Waals surface area contributed by atoms with Crippen molar-refractivity contribution >= 4 is 36.9 Å². The first kappa shape index (κ1) is 39.5. The van der Waals surface area contributed by atoms with E-state index in [9.17, 15) is 0 Å². The molecule has 0 heterocycles. The molecule has 0 atom stereocenters. The summed E-state index contributed by atoms with van der Waals surface area (Å²) in [6.07, 6.45) is 12.9. The molecular formula is C25H60O10Si4. The topological polar surface area (TPSA) is 92.3 Å². The SMILES string of the molecule is CO[Si](CCCCCC(CCCCC[Si](OC)(OC)OC)(CCCCC[Si](OC)(OC)OC)O[SiH3])(OC)OC. The molecule has 0 radical (unpaired) electrons. The highest BCUT2D eigenvalue weighted by Gasteiger charge is 2.39. The van der Waals surface area contributed by atoms with E-state index in [-0.39, 0.29) is 5.60 Å². The van der Waals surface area contributed by atoms with Gasteiger partial charge in [-0.25, -0.2) is 0 Å². The molecule has 0 aliphatic carbocycles. The maximum Gasteiger partial charge on any atom is 0.500 e. The van der Waals surface area contributed by atoms with E-state index in [0.29, 0.717) is 0 Å². The molecule has 39 heavy (non-hydrogen) atoms. The van der Waals surface area contributed by atoms with E-state index in [0.717, 1.165) is 106 Å². The van der Waals surface area contributed by atoms with Crippen LogP contribution in [0.4, 0.5) is 0 Å². The average molecular weight is 633 g/mol. The standard InChI is InChI=1S/C25H60O10Si4/c1-26-37(27-2,28-3)22-16-10-13-19-25(35-36,20-14-11-17-23-38(29-4,30-5)31-6)21-15-12-18-24-39(32-7,33-8)34-9/h10-24H2,1-9,36H3. The van der Waals surface area contributed by atoms with Crippen molar-refractivity contribution < 1.29 is 44.3 Å². The van der Waals surface area contributed by atoms with Crippen LogP contribution in [0.5, 0.6) is 0 Å². The first-order chi connectivity index (χ1) is 18.7. The summed E-state index contributed by atoms with van der Waals surface area (Å²) in [5.74, 6) is 0. The highest BCUT2D eigenvalue weighted by atomic mass is 28.4. The van der Waals surface area contributed by atoms with Crippen molar-refractivity contribution in [2.45, 2.75) is 101 Å². The van der Waals surface area contributed by atoms with Crippen molar-refractivity contribution in [3.05, 3.63) is 0 Å². The van der Waals surface area contributed by atoms with Crippen molar-refractivity contribution in [2.24, 2.45) is 0 Å². The molecule has 10 nitrogen and oxygen atoms in total. The molecule has 0 aromatic heterocycles. The molecule has 236 valence electrons. The number of rotatable bonds is 28. The van der Waals surface area contributed by atoms with Crippen LogP contribution in [0.25, 0.3) is 0 Å². The second kappa shape index (κ2) is 22.1. The quantitative estimate of drug-likeness (QED) is 0.0917. The molecule has 0 bridgehead atoms. The van der Waals surface area contributed by atoms with Gasteiger partial charge in [0.2, 0.25) is 0 Å².